The summed E-state index contributed by atoms with van der Waals surface area (Å²) in [6.07, 6.45) is -6.98. The lowest BCUT2D eigenvalue weighted by atomic mass is 9.78. The molecule has 3 saturated heterocycles. The van der Waals surface area contributed by atoms with Crippen LogP contribution in [-0.4, -0.2) is 65.2 Å². The number of hydrogen-bond donors (Lipinski definition) is 0. The number of benzene rings is 2. The largest absolute Gasteiger partial charge is 0.416 e. The van der Waals surface area contributed by atoms with Crippen LogP contribution in [0.15, 0.2) is 36.4 Å². The molecule has 0 aromatic heterocycles. The molecule has 3 fully saturated rings. The average molecular weight is 652 g/mol. The van der Waals surface area contributed by atoms with E-state index in [9.17, 15) is 35.5 Å². The minimum atomic E-state index is -5.00. The van der Waals surface area contributed by atoms with Gasteiger partial charge < -0.3 is 14.5 Å². The molecule has 244 valence electrons. The average Bonchev–Trinajstić information content (AvgIpc) is 3.22. The van der Waals surface area contributed by atoms with Gasteiger partial charge in [0, 0.05) is 31.2 Å². The van der Waals surface area contributed by atoms with Gasteiger partial charge in [-0.15, -0.1) is 12.4 Å². The fraction of sp³-hybridized carbons (Fsp3) is 0.581. The highest BCUT2D eigenvalue weighted by Crippen LogP contribution is 2.52. The predicted octanol–water partition coefficient (Wildman–Crippen LogP) is 8.17. The zero-order valence-corrected chi connectivity index (χ0v) is 25.8. The Morgan fingerprint density at radius 1 is 1.00 bits per heavy atom. The van der Waals surface area contributed by atoms with E-state index < -0.39 is 47.4 Å². The molecule has 0 radical (unpaired) electrons. The third-order valence-corrected chi connectivity index (χ3v) is 9.80. The number of nitrogens with zero attached hydrogens (tertiary/aromatic N) is 3. The van der Waals surface area contributed by atoms with Crippen LogP contribution >= 0.6 is 12.4 Å². The number of amides is 2. The van der Waals surface area contributed by atoms with Gasteiger partial charge in [0.05, 0.1) is 36.4 Å². The standard InChI is InChI=1S/C31H36F7N3O2.ClH/c1-19-13-24(32)5-6-25(19)26-17-29(8-7-28(3)18-43-12-11-41(28)29)9-10-40(26)27(42)39(4)20(2)21-14-22(30(33,34)35)16-23(15-21)31(36,37)38;/h5-6,13-16,20,26H,7-12,17-18H2,1-4H3;1H/t20-,26-,28+,29+;/m1./s1. The summed E-state index contributed by atoms with van der Waals surface area (Å²) in [6, 6.07) is 3.70. The summed E-state index contributed by atoms with van der Waals surface area (Å²) in [5.74, 6) is -0.415. The smallest absolute Gasteiger partial charge is 0.378 e. The van der Waals surface area contributed by atoms with Crippen LogP contribution in [0.4, 0.5) is 35.5 Å². The van der Waals surface area contributed by atoms with Crippen molar-refractivity contribution in [3.63, 3.8) is 0 Å². The molecule has 44 heavy (non-hydrogen) atoms. The Bertz CT molecular complexity index is 1350. The van der Waals surface area contributed by atoms with Crippen molar-refractivity contribution < 1.29 is 40.3 Å². The molecule has 3 heterocycles. The third kappa shape index (κ3) is 6.26. The van der Waals surface area contributed by atoms with Gasteiger partial charge in [-0.3, -0.25) is 4.90 Å². The number of fused-ring (bicyclic) bond motifs is 2. The summed E-state index contributed by atoms with van der Waals surface area (Å²) >= 11 is 0. The molecule has 2 amide bonds. The number of urea groups is 1. The zero-order chi connectivity index (χ0) is 31.5. The molecule has 0 bridgehead atoms. The van der Waals surface area contributed by atoms with Crippen molar-refractivity contribution >= 4 is 18.4 Å². The highest BCUT2D eigenvalue weighted by atomic mass is 35.5. The number of piperidine rings is 1. The molecule has 4 atom stereocenters. The van der Waals surface area contributed by atoms with Crippen molar-refractivity contribution in [3.8, 4) is 0 Å². The summed E-state index contributed by atoms with van der Waals surface area (Å²) in [5, 5.41) is 0. The second-order valence-electron chi connectivity index (χ2n) is 12.5. The number of hydrogen-bond acceptors (Lipinski definition) is 3. The first-order valence-corrected chi connectivity index (χ1v) is 14.4. The highest BCUT2D eigenvalue weighted by molar-refractivity contribution is 5.85. The molecule has 5 rings (SSSR count). The number of carbonyl (C=O) groups is 1. The Balaban J connectivity index is 0.00000442. The molecule has 13 heteroatoms. The number of halogens is 8. The van der Waals surface area contributed by atoms with E-state index in [4.69, 9.17) is 4.74 Å². The lowest BCUT2D eigenvalue weighted by Gasteiger charge is -2.54. The van der Waals surface area contributed by atoms with Gasteiger partial charge in [-0.05, 0) is 93.5 Å². The number of carbonyl (C=O) groups excluding carboxylic acids is 1. The van der Waals surface area contributed by atoms with E-state index in [0.717, 1.165) is 24.9 Å². The maximum absolute atomic E-state index is 14.1. The fourth-order valence-corrected chi connectivity index (χ4v) is 7.31. The van der Waals surface area contributed by atoms with Crippen molar-refractivity contribution in [2.75, 3.05) is 33.4 Å². The quantitative estimate of drug-likeness (QED) is 0.314. The van der Waals surface area contributed by atoms with E-state index in [-0.39, 0.29) is 35.1 Å². The first-order chi connectivity index (χ1) is 19.9. The Morgan fingerprint density at radius 2 is 1.64 bits per heavy atom. The summed E-state index contributed by atoms with van der Waals surface area (Å²) in [4.78, 5) is 19.4. The third-order valence-electron chi connectivity index (χ3n) is 9.80. The first-order valence-electron chi connectivity index (χ1n) is 14.4. The molecule has 3 aliphatic rings. The molecular weight excluding hydrogens is 615 g/mol. The Labute approximate surface area is 258 Å². The van der Waals surface area contributed by atoms with Crippen LogP contribution in [0, 0.1) is 12.7 Å². The topological polar surface area (TPSA) is 36.0 Å². The molecule has 0 N–H and O–H groups in total. The molecule has 2 aromatic rings. The summed E-state index contributed by atoms with van der Waals surface area (Å²) in [7, 11) is 1.38. The fourth-order valence-electron chi connectivity index (χ4n) is 7.31. The van der Waals surface area contributed by atoms with Crippen LogP contribution in [-0.2, 0) is 17.1 Å². The van der Waals surface area contributed by atoms with Crippen LogP contribution in [0.3, 0.4) is 0 Å². The van der Waals surface area contributed by atoms with Gasteiger partial charge in [0.2, 0.25) is 0 Å². The molecule has 3 aliphatic heterocycles. The summed E-state index contributed by atoms with van der Waals surface area (Å²) in [6.45, 7) is 7.62. The maximum Gasteiger partial charge on any atom is 0.416 e. The molecule has 2 aromatic carbocycles. The van der Waals surface area contributed by atoms with Crippen LogP contribution < -0.4 is 0 Å². The second kappa shape index (κ2) is 12.0. The molecule has 0 aliphatic carbocycles. The van der Waals surface area contributed by atoms with Gasteiger partial charge in [-0.1, -0.05) is 6.07 Å². The van der Waals surface area contributed by atoms with Crippen molar-refractivity contribution in [1.82, 2.24) is 14.7 Å². The minimum absolute atomic E-state index is 0. The number of ether oxygens (including phenoxy) is 1. The van der Waals surface area contributed by atoms with Crippen LogP contribution in [0.2, 0.25) is 0 Å². The van der Waals surface area contributed by atoms with Crippen LogP contribution in [0.1, 0.15) is 79.4 Å². The Hall–Kier alpha value is -2.57. The van der Waals surface area contributed by atoms with Gasteiger partial charge in [-0.25, -0.2) is 9.18 Å². The van der Waals surface area contributed by atoms with Gasteiger partial charge in [0.1, 0.15) is 5.82 Å². The normalized spacial score (nSPS) is 26.7. The van der Waals surface area contributed by atoms with E-state index in [1.807, 2.05) is 0 Å². The van der Waals surface area contributed by atoms with E-state index in [1.165, 1.54) is 31.0 Å². The van der Waals surface area contributed by atoms with E-state index >= 15 is 0 Å². The molecule has 5 nitrogen and oxygen atoms in total. The molecular formula is C31H37ClF7N3O2. The molecule has 0 saturated carbocycles. The van der Waals surface area contributed by atoms with E-state index in [1.54, 1.807) is 17.9 Å². The number of rotatable bonds is 3. The highest BCUT2D eigenvalue weighted by Gasteiger charge is 2.56. The van der Waals surface area contributed by atoms with Gasteiger partial charge in [0.15, 0.2) is 0 Å². The second-order valence-corrected chi connectivity index (χ2v) is 12.5. The van der Waals surface area contributed by atoms with E-state index in [0.29, 0.717) is 50.3 Å². The lowest BCUT2D eigenvalue weighted by Crippen LogP contribution is -2.62. The minimum Gasteiger partial charge on any atom is -0.378 e. The Kier molecular flexibility index (Phi) is 9.34. The van der Waals surface area contributed by atoms with E-state index in [2.05, 4.69) is 11.8 Å². The van der Waals surface area contributed by atoms with Crippen molar-refractivity contribution in [2.24, 2.45) is 0 Å². The number of likely N-dealkylation sites (tertiary alicyclic amines) is 1. The summed E-state index contributed by atoms with van der Waals surface area (Å²) < 4.78 is 101. The van der Waals surface area contributed by atoms with Crippen molar-refractivity contribution in [1.29, 1.82) is 0 Å². The SMILES string of the molecule is Cc1cc(F)ccc1[C@H]1C[C@@]2(CCN1C(=O)N(C)[C@H](C)c1cc(C(F)(F)F)cc(C(F)(F)F)c1)CC[C@@]1(C)COCCN12.Cl. The first kappa shape index (κ1) is 34.3. The number of aryl methyl sites for hydroxylation is 1. The Morgan fingerprint density at radius 3 is 2.23 bits per heavy atom. The molecule has 0 unspecified atom stereocenters. The number of alkyl halides is 6. The summed E-state index contributed by atoms with van der Waals surface area (Å²) in [5.41, 5.74) is -2.09. The van der Waals surface area contributed by atoms with Crippen molar-refractivity contribution in [2.45, 2.75) is 82.0 Å². The maximum atomic E-state index is 14.1. The van der Waals surface area contributed by atoms with Crippen molar-refractivity contribution in [3.05, 3.63) is 70.0 Å². The van der Waals surface area contributed by atoms with Gasteiger partial charge >= 0.3 is 18.4 Å². The van der Waals surface area contributed by atoms with Gasteiger partial charge in [0.25, 0.3) is 0 Å². The monoisotopic (exact) mass is 651 g/mol. The zero-order valence-electron chi connectivity index (χ0n) is 25.0. The predicted molar refractivity (Wildman–Crippen MR) is 153 cm³/mol. The number of morpholine rings is 1. The molecule has 1 spiro atoms. The van der Waals surface area contributed by atoms with Crippen LogP contribution in [0.25, 0.3) is 0 Å². The van der Waals surface area contributed by atoms with Crippen LogP contribution in [0.5, 0.6) is 0 Å². The lowest BCUT2D eigenvalue weighted by molar-refractivity contribution is -0.143. The van der Waals surface area contributed by atoms with Gasteiger partial charge in [-0.2, -0.15) is 26.3 Å².